The van der Waals surface area contributed by atoms with E-state index >= 15 is 0 Å². The number of ether oxygens (including phenoxy) is 4. The number of pyridine rings is 1. The molecule has 3 fully saturated rings. The Balaban J connectivity index is 1.23. The van der Waals surface area contributed by atoms with Gasteiger partial charge in [-0.05, 0) is 56.6 Å². The highest BCUT2D eigenvalue weighted by molar-refractivity contribution is 5.92. The summed E-state index contributed by atoms with van der Waals surface area (Å²) in [6.45, 7) is 16.4. The first-order valence-electron chi connectivity index (χ1n) is 19.2. The van der Waals surface area contributed by atoms with E-state index in [0.717, 1.165) is 57.5 Å². The zero-order valence-corrected chi connectivity index (χ0v) is 32.4. The normalized spacial score (nSPS) is 22.7. The molecule has 3 amide bonds. The standard InChI is InChI=1S/C39H56N8O7/c1-24(2)41-33-11-12-47(44-33)34-22-32(29-10-9-26(20-30(29)42-34)52-18-15-45-13-16-51-17-14-45)53-28-21-31(36(40)48)46(23-28)37(49)35(39(4,5)6)43-38(50)54-27-8-7-25(3)19-27/h9-12,20,22,24-25,27-28,31,35H,7-8,13-19,21,23H2,1-6H3,(H2,40,48)(H,41,44)(H,43,50)/t25?,27?,28?,31-,35+/m0/s1. The molecule has 0 radical (unpaired) electrons. The number of likely N-dealkylation sites (tertiary alicyclic amines) is 1. The minimum absolute atomic E-state index is 0.0853. The fraction of sp³-hybridized carbons (Fsp3) is 0.615. The van der Waals surface area contributed by atoms with Crippen molar-refractivity contribution < 1.29 is 33.3 Å². The predicted molar refractivity (Wildman–Crippen MR) is 204 cm³/mol. The Labute approximate surface area is 317 Å². The molecule has 0 spiro atoms. The number of carbonyl (C=O) groups is 3. The molecule has 2 aliphatic heterocycles. The Bertz CT molecular complexity index is 1790. The van der Waals surface area contributed by atoms with Crippen molar-refractivity contribution in [1.29, 1.82) is 0 Å². The zero-order chi connectivity index (χ0) is 38.6. The minimum atomic E-state index is -0.965. The Morgan fingerprint density at radius 1 is 1.06 bits per heavy atom. The fourth-order valence-electron chi connectivity index (χ4n) is 7.36. The number of amides is 3. The number of nitrogens with zero attached hydrogens (tertiary/aromatic N) is 5. The van der Waals surface area contributed by atoms with E-state index in [4.69, 9.17) is 29.7 Å². The number of nitrogens with two attached hydrogens (primary N) is 1. The van der Waals surface area contributed by atoms with Gasteiger partial charge in [0.15, 0.2) is 5.82 Å². The van der Waals surface area contributed by atoms with Crippen LogP contribution in [0.2, 0.25) is 0 Å². The highest BCUT2D eigenvalue weighted by atomic mass is 16.6. The molecule has 1 aromatic carbocycles. The largest absolute Gasteiger partial charge is 0.492 e. The fourth-order valence-corrected chi connectivity index (χ4v) is 7.36. The van der Waals surface area contributed by atoms with Crippen LogP contribution in [0.3, 0.4) is 0 Å². The highest BCUT2D eigenvalue weighted by Gasteiger charge is 2.45. The second-order valence-electron chi connectivity index (χ2n) is 16.2. The molecule has 3 aromatic rings. The van der Waals surface area contributed by atoms with E-state index in [1.54, 1.807) is 10.7 Å². The summed E-state index contributed by atoms with van der Waals surface area (Å²) in [7, 11) is 0. The quantitative estimate of drug-likeness (QED) is 0.229. The lowest BCUT2D eigenvalue weighted by atomic mass is 9.85. The molecule has 54 heavy (non-hydrogen) atoms. The summed E-state index contributed by atoms with van der Waals surface area (Å²) < 4.78 is 25.6. The Morgan fingerprint density at radius 2 is 1.83 bits per heavy atom. The lowest BCUT2D eigenvalue weighted by molar-refractivity contribution is -0.141. The van der Waals surface area contributed by atoms with Gasteiger partial charge in [0.05, 0.1) is 25.3 Å². The van der Waals surface area contributed by atoms with Crippen molar-refractivity contribution in [2.75, 3.05) is 51.3 Å². The van der Waals surface area contributed by atoms with Crippen LogP contribution in [-0.2, 0) is 19.1 Å². The van der Waals surface area contributed by atoms with E-state index in [2.05, 4.69) is 27.6 Å². The van der Waals surface area contributed by atoms with Crippen molar-refractivity contribution in [1.82, 2.24) is 29.9 Å². The van der Waals surface area contributed by atoms with Gasteiger partial charge in [-0.25, -0.2) is 14.5 Å². The molecule has 1 aliphatic carbocycles. The van der Waals surface area contributed by atoms with Gasteiger partial charge in [0.2, 0.25) is 11.8 Å². The molecule has 15 heteroatoms. The third-order valence-electron chi connectivity index (χ3n) is 10.2. The van der Waals surface area contributed by atoms with Gasteiger partial charge in [0.25, 0.3) is 0 Å². The minimum Gasteiger partial charge on any atom is -0.492 e. The maximum Gasteiger partial charge on any atom is 0.408 e. The van der Waals surface area contributed by atoms with Gasteiger partial charge in [-0.2, -0.15) is 0 Å². The van der Waals surface area contributed by atoms with Crippen LogP contribution in [0.1, 0.15) is 67.2 Å². The number of carbonyl (C=O) groups excluding carboxylic acids is 3. The first kappa shape index (κ1) is 39.1. The molecule has 5 atom stereocenters. The van der Waals surface area contributed by atoms with Crippen molar-refractivity contribution in [3.05, 3.63) is 36.5 Å². The van der Waals surface area contributed by atoms with Crippen LogP contribution < -0.4 is 25.8 Å². The van der Waals surface area contributed by atoms with Gasteiger partial charge in [-0.3, -0.25) is 14.5 Å². The number of nitrogens with one attached hydrogen (secondary N) is 2. The summed E-state index contributed by atoms with van der Waals surface area (Å²) >= 11 is 0. The zero-order valence-electron chi connectivity index (χ0n) is 32.4. The number of aromatic nitrogens is 3. The van der Waals surface area contributed by atoms with Gasteiger partial charge in [0, 0.05) is 61.9 Å². The SMILES string of the molecule is CC1CCC(OC(=O)N[C@H](C(=O)N2CC(Oc3cc(-n4ccc(NC(C)C)n4)nc4cc(OCCN5CCOCC5)ccc34)C[C@H]2C(N)=O)C(C)(C)C)C1. The molecule has 0 bridgehead atoms. The van der Waals surface area contributed by atoms with Gasteiger partial charge >= 0.3 is 6.09 Å². The molecule has 15 nitrogen and oxygen atoms in total. The lowest BCUT2D eigenvalue weighted by Crippen LogP contribution is -2.57. The number of hydrogen-bond donors (Lipinski definition) is 3. The molecule has 2 saturated heterocycles. The molecule has 294 valence electrons. The van der Waals surface area contributed by atoms with Gasteiger partial charge in [-0.1, -0.05) is 27.7 Å². The van der Waals surface area contributed by atoms with E-state index in [0.29, 0.717) is 41.2 Å². The molecule has 1 saturated carbocycles. The molecule has 2 aromatic heterocycles. The van der Waals surface area contributed by atoms with E-state index in [9.17, 15) is 14.4 Å². The number of benzene rings is 1. The summed E-state index contributed by atoms with van der Waals surface area (Å²) in [6.07, 6.45) is 3.16. The van der Waals surface area contributed by atoms with Crippen LogP contribution in [0.15, 0.2) is 36.5 Å². The number of fused-ring (bicyclic) bond motifs is 1. The number of hydrogen-bond acceptors (Lipinski definition) is 11. The summed E-state index contributed by atoms with van der Waals surface area (Å²) in [4.78, 5) is 48.8. The lowest BCUT2D eigenvalue weighted by Gasteiger charge is -2.35. The molecule has 3 unspecified atom stereocenters. The van der Waals surface area contributed by atoms with Crippen LogP contribution >= 0.6 is 0 Å². The first-order chi connectivity index (χ1) is 25.7. The van der Waals surface area contributed by atoms with E-state index < -0.39 is 41.5 Å². The van der Waals surface area contributed by atoms with Crippen molar-refractivity contribution in [3.63, 3.8) is 0 Å². The highest BCUT2D eigenvalue weighted by Crippen LogP contribution is 2.34. The molecule has 6 rings (SSSR count). The smallest absolute Gasteiger partial charge is 0.408 e. The third kappa shape index (κ3) is 9.72. The summed E-state index contributed by atoms with van der Waals surface area (Å²) in [5, 5.41) is 11.5. The van der Waals surface area contributed by atoms with E-state index in [1.807, 2.05) is 65.1 Å². The first-order valence-corrected chi connectivity index (χ1v) is 19.2. The van der Waals surface area contributed by atoms with E-state index in [-0.39, 0.29) is 25.1 Å². The monoisotopic (exact) mass is 748 g/mol. The second-order valence-corrected chi connectivity index (χ2v) is 16.2. The third-order valence-corrected chi connectivity index (χ3v) is 10.2. The van der Waals surface area contributed by atoms with E-state index in [1.165, 1.54) is 4.90 Å². The molecule has 4 N–H and O–H groups in total. The Kier molecular flexibility index (Phi) is 12.2. The maximum atomic E-state index is 14.2. The maximum absolute atomic E-state index is 14.2. The van der Waals surface area contributed by atoms with Crippen LogP contribution in [-0.4, -0.2) is 119 Å². The molecule has 4 heterocycles. The van der Waals surface area contributed by atoms with Crippen molar-refractivity contribution >= 4 is 34.6 Å². The van der Waals surface area contributed by atoms with Crippen molar-refractivity contribution in [3.8, 4) is 17.3 Å². The molecule has 3 aliphatic rings. The van der Waals surface area contributed by atoms with Gasteiger partial charge in [0.1, 0.15) is 48.2 Å². The van der Waals surface area contributed by atoms with Crippen molar-refractivity contribution in [2.45, 2.75) is 97.6 Å². The molecular weight excluding hydrogens is 692 g/mol. The van der Waals surface area contributed by atoms with Crippen LogP contribution in [0, 0.1) is 11.3 Å². The van der Waals surface area contributed by atoms with Crippen LogP contribution in [0.25, 0.3) is 16.7 Å². The Morgan fingerprint density at radius 3 is 2.52 bits per heavy atom. The molecular formula is C39H56N8O7. The number of primary amides is 1. The van der Waals surface area contributed by atoms with Gasteiger partial charge < -0.3 is 40.2 Å². The number of alkyl carbamates (subject to hydrolysis) is 1. The predicted octanol–water partition coefficient (Wildman–Crippen LogP) is 4.11. The Hall–Kier alpha value is -4.63. The van der Waals surface area contributed by atoms with Crippen molar-refractivity contribution in [2.24, 2.45) is 17.1 Å². The summed E-state index contributed by atoms with van der Waals surface area (Å²) in [5.74, 6) is 1.81. The summed E-state index contributed by atoms with van der Waals surface area (Å²) in [6, 6.07) is 7.63. The second kappa shape index (κ2) is 16.8. The topological polar surface area (TPSA) is 175 Å². The number of anilines is 1. The average Bonchev–Trinajstić information content (AvgIpc) is 3.87. The van der Waals surface area contributed by atoms with Crippen LogP contribution in [0.5, 0.6) is 11.5 Å². The summed E-state index contributed by atoms with van der Waals surface area (Å²) in [5.41, 5.74) is 5.83. The van der Waals surface area contributed by atoms with Gasteiger partial charge in [-0.15, -0.1) is 5.10 Å². The van der Waals surface area contributed by atoms with Crippen LogP contribution in [0.4, 0.5) is 10.6 Å². The number of rotatable bonds is 13. The average molecular weight is 749 g/mol. The number of morpholine rings is 1.